The first-order valence-corrected chi connectivity index (χ1v) is 9.36. The number of benzene rings is 1. The van der Waals surface area contributed by atoms with Crippen LogP contribution in [0.4, 0.5) is 0 Å². The molecule has 1 fully saturated rings. The number of nitrogens with zero attached hydrogens (tertiary/aromatic N) is 1. The summed E-state index contributed by atoms with van der Waals surface area (Å²) in [7, 11) is 0. The average molecular weight is 370 g/mol. The largest absolute Gasteiger partial charge is 0.481 e. The summed E-state index contributed by atoms with van der Waals surface area (Å²) < 4.78 is 6.76. The van der Waals surface area contributed by atoms with Crippen LogP contribution < -0.4 is 5.32 Å². The van der Waals surface area contributed by atoms with Crippen molar-refractivity contribution < 1.29 is 19.1 Å². The first kappa shape index (κ1) is 16.8. The zero-order chi connectivity index (χ0) is 18.1. The van der Waals surface area contributed by atoms with Crippen LogP contribution in [0, 0.1) is 0 Å². The van der Waals surface area contributed by atoms with E-state index < -0.39 is 11.5 Å². The van der Waals surface area contributed by atoms with E-state index in [0.717, 1.165) is 23.1 Å². The Labute approximate surface area is 153 Å². The second-order valence-corrected chi connectivity index (χ2v) is 7.69. The molecule has 26 heavy (non-hydrogen) atoms. The van der Waals surface area contributed by atoms with Crippen molar-refractivity contribution in [3.63, 3.8) is 0 Å². The highest BCUT2D eigenvalue weighted by Gasteiger charge is 2.38. The third kappa shape index (κ3) is 3.22. The molecule has 7 heteroatoms. The van der Waals surface area contributed by atoms with E-state index in [9.17, 15) is 9.59 Å². The van der Waals surface area contributed by atoms with Crippen molar-refractivity contribution in [2.75, 3.05) is 0 Å². The molecular weight excluding hydrogens is 352 g/mol. The number of carbonyl (C=O) groups excluding carboxylic acids is 1. The van der Waals surface area contributed by atoms with Crippen molar-refractivity contribution in [2.24, 2.45) is 0 Å². The minimum Gasteiger partial charge on any atom is -0.481 e. The summed E-state index contributed by atoms with van der Waals surface area (Å²) in [5.41, 5.74) is 0.215. The number of carbonyl (C=O) groups is 2. The van der Waals surface area contributed by atoms with Gasteiger partial charge in [0.25, 0.3) is 5.91 Å². The van der Waals surface area contributed by atoms with Gasteiger partial charge in [0.05, 0.1) is 22.2 Å². The molecular formula is C19H18N2O4S. The van der Waals surface area contributed by atoms with Gasteiger partial charge in [-0.25, -0.2) is 4.98 Å². The van der Waals surface area contributed by atoms with E-state index in [1.165, 1.54) is 11.3 Å². The molecule has 134 valence electrons. The molecule has 0 bridgehead atoms. The maximum absolute atomic E-state index is 12.6. The number of aromatic nitrogens is 1. The lowest BCUT2D eigenvalue weighted by Gasteiger charge is -2.28. The molecule has 1 saturated carbocycles. The lowest BCUT2D eigenvalue weighted by atomic mass is 9.93. The quantitative estimate of drug-likeness (QED) is 0.706. The predicted molar refractivity (Wildman–Crippen MR) is 98.2 cm³/mol. The Morgan fingerprint density at radius 3 is 2.69 bits per heavy atom. The van der Waals surface area contributed by atoms with Gasteiger partial charge in [-0.3, -0.25) is 9.59 Å². The SMILES string of the molecule is O=C(O)CC1(NC(=O)c2ccc(-c3nc4ccccc4s3)o2)CCCC1. The number of amides is 1. The fourth-order valence-electron chi connectivity index (χ4n) is 3.54. The third-order valence-corrected chi connectivity index (χ3v) is 5.81. The van der Waals surface area contributed by atoms with Gasteiger partial charge in [-0.15, -0.1) is 11.3 Å². The van der Waals surface area contributed by atoms with E-state index in [-0.39, 0.29) is 18.1 Å². The maximum atomic E-state index is 12.6. The number of rotatable bonds is 5. The van der Waals surface area contributed by atoms with Crippen LogP contribution >= 0.6 is 11.3 Å². The lowest BCUT2D eigenvalue weighted by Crippen LogP contribution is -2.47. The number of carboxylic acid groups (broad SMARTS) is 1. The van der Waals surface area contributed by atoms with Crippen molar-refractivity contribution >= 4 is 33.4 Å². The van der Waals surface area contributed by atoms with Crippen LogP contribution in [0.2, 0.25) is 0 Å². The summed E-state index contributed by atoms with van der Waals surface area (Å²) in [6, 6.07) is 11.1. The zero-order valence-corrected chi connectivity index (χ0v) is 14.8. The molecule has 0 atom stereocenters. The number of thiazole rings is 1. The van der Waals surface area contributed by atoms with E-state index in [0.29, 0.717) is 23.6 Å². The number of fused-ring (bicyclic) bond motifs is 1. The number of nitrogens with one attached hydrogen (secondary N) is 1. The molecule has 2 N–H and O–H groups in total. The molecule has 1 amide bonds. The smallest absolute Gasteiger partial charge is 0.305 e. The van der Waals surface area contributed by atoms with E-state index in [1.54, 1.807) is 12.1 Å². The summed E-state index contributed by atoms with van der Waals surface area (Å²) in [6.45, 7) is 0. The minimum absolute atomic E-state index is 0.0653. The standard InChI is InChI=1S/C19H18N2O4S/c22-16(23)11-19(9-3-4-10-19)21-17(24)13-7-8-14(25-13)18-20-12-5-1-2-6-15(12)26-18/h1-2,5-8H,3-4,9-11H2,(H,21,24)(H,22,23). The second-order valence-electron chi connectivity index (χ2n) is 6.66. The first-order chi connectivity index (χ1) is 12.5. The number of hydrogen-bond donors (Lipinski definition) is 2. The summed E-state index contributed by atoms with van der Waals surface area (Å²) >= 11 is 1.50. The predicted octanol–water partition coefficient (Wildman–Crippen LogP) is 4.07. The van der Waals surface area contributed by atoms with Crippen LogP contribution in [0.25, 0.3) is 21.0 Å². The molecule has 2 heterocycles. The highest BCUT2D eigenvalue weighted by Crippen LogP contribution is 2.34. The lowest BCUT2D eigenvalue weighted by molar-refractivity contribution is -0.138. The van der Waals surface area contributed by atoms with Crippen LogP contribution in [-0.2, 0) is 4.79 Å². The summed E-state index contributed by atoms with van der Waals surface area (Å²) in [5, 5.41) is 12.8. The molecule has 2 aromatic heterocycles. The number of furan rings is 1. The molecule has 1 aliphatic rings. The molecule has 4 rings (SSSR count). The molecule has 0 spiro atoms. The normalized spacial score (nSPS) is 16.0. The highest BCUT2D eigenvalue weighted by atomic mass is 32.1. The topological polar surface area (TPSA) is 92.4 Å². The molecule has 0 saturated heterocycles. The van der Waals surface area contributed by atoms with E-state index >= 15 is 0 Å². The van der Waals surface area contributed by atoms with Crippen LogP contribution in [0.1, 0.15) is 42.7 Å². The Balaban J connectivity index is 1.55. The number of para-hydroxylation sites is 1. The Kier molecular flexibility index (Phi) is 4.24. The van der Waals surface area contributed by atoms with Gasteiger partial charge >= 0.3 is 5.97 Å². The maximum Gasteiger partial charge on any atom is 0.305 e. The summed E-state index contributed by atoms with van der Waals surface area (Å²) in [4.78, 5) is 28.3. The van der Waals surface area contributed by atoms with Crippen molar-refractivity contribution in [2.45, 2.75) is 37.6 Å². The van der Waals surface area contributed by atoms with Crippen molar-refractivity contribution in [1.82, 2.24) is 10.3 Å². The summed E-state index contributed by atoms with van der Waals surface area (Å²) in [5.74, 6) is -0.562. The fourth-order valence-corrected chi connectivity index (χ4v) is 4.47. The Hall–Kier alpha value is -2.67. The van der Waals surface area contributed by atoms with Gasteiger partial charge in [0.2, 0.25) is 0 Å². The van der Waals surface area contributed by atoms with Crippen LogP contribution in [0.3, 0.4) is 0 Å². The monoisotopic (exact) mass is 370 g/mol. The Morgan fingerprint density at radius 2 is 1.96 bits per heavy atom. The molecule has 6 nitrogen and oxygen atoms in total. The molecule has 0 aliphatic heterocycles. The van der Waals surface area contributed by atoms with Gasteiger partial charge in [-0.05, 0) is 37.1 Å². The van der Waals surface area contributed by atoms with Gasteiger partial charge < -0.3 is 14.8 Å². The Morgan fingerprint density at radius 1 is 1.19 bits per heavy atom. The van der Waals surface area contributed by atoms with Gasteiger partial charge in [0.1, 0.15) is 0 Å². The van der Waals surface area contributed by atoms with Crippen molar-refractivity contribution in [1.29, 1.82) is 0 Å². The van der Waals surface area contributed by atoms with Crippen molar-refractivity contribution in [3.8, 4) is 10.8 Å². The van der Waals surface area contributed by atoms with Gasteiger partial charge in [0.15, 0.2) is 16.5 Å². The van der Waals surface area contributed by atoms with Crippen LogP contribution in [-0.4, -0.2) is 27.5 Å². The summed E-state index contributed by atoms with van der Waals surface area (Å²) in [6.07, 6.45) is 3.13. The van der Waals surface area contributed by atoms with E-state index in [4.69, 9.17) is 9.52 Å². The average Bonchev–Trinajstić information content (AvgIpc) is 3.33. The first-order valence-electron chi connectivity index (χ1n) is 8.55. The van der Waals surface area contributed by atoms with Crippen LogP contribution in [0.5, 0.6) is 0 Å². The molecule has 1 aromatic carbocycles. The number of aliphatic carboxylic acids is 1. The zero-order valence-electron chi connectivity index (χ0n) is 14.0. The third-order valence-electron chi connectivity index (χ3n) is 4.76. The molecule has 1 aliphatic carbocycles. The van der Waals surface area contributed by atoms with Gasteiger partial charge in [-0.2, -0.15) is 0 Å². The highest BCUT2D eigenvalue weighted by molar-refractivity contribution is 7.21. The van der Waals surface area contributed by atoms with E-state index in [2.05, 4.69) is 10.3 Å². The fraction of sp³-hybridized carbons (Fsp3) is 0.316. The number of hydrogen-bond acceptors (Lipinski definition) is 5. The molecule has 0 unspecified atom stereocenters. The minimum atomic E-state index is -0.901. The van der Waals surface area contributed by atoms with E-state index in [1.807, 2.05) is 24.3 Å². The molecule has 3 aromatic rings. The van der Waals surface area contributed by atoms with Crippen molar-refractivity contribution in [3.05, 3.63) is 42.2 Å². The van der Waals surface area contributed by atoms with Crippen LogP contribution in [0.15, 0.2) is 40.8 Å². The Bertz CT molecular complexity index is 936. The van der Waals surface area contributed by atoms with Gasteiger partial charge in [0, 0.05) is 0 Å². The number of carboxylic acids is 1. The molecule has 0 radical (unpaired) electrons. The second kappa shape index (κ2) is 6.57. The van der Waals surface area contributed by atoms with Gasteiger partial charge in [-0.1, -0.05) is 25.0 Å².